The summed E-state index contributed by atoms with van der Waals surface area (Å²) in [7, 11) is -1.86. The molecule has 1 fully saturated rings. The first-order valence-electron chi connectivity index (χ1n) is 10.2. The number of para-hydroxylation sites is 1. The van der Waals surface area contributed by atoms with Crippen molar-refractivity contribution in [3.05, 3.63) is 63.9 Å². The number of nitrogens with one attached hydrogen (secondary N) is 1. The summed E-state index contributed by atoms with van der Waals surface area (Å²) >= 11 is 0. The van der Waals surface area contributed by atoms with Crippen LogP contribution in [0.4, 0.5) is 20.3 Å². The molecule has 4 rings (SSSR count). The number of halogens is 2. The fraction of sp³-hybridized carbons (Fsp3) is 0.348. The maximum Gasteiger partial charge on any atom is 0.282 e. The summed E-state index contributed by atoms with van der Waals surface area (Å²) in [6.07, 6.45) is 1.15. The summed E-state index contributed by atoms with van der Waals surface area (Å²) in [5, 5.41) is 4.40. The molecular weight excluding hydrogens is 436 g/mol. The Kier molecular flexibility index (Phi) is 5.27. The van der Waals surface area contributed by atoms with Crippen molar-refractivity contribution in [3.63, 3.8) is 0 Å². The summed E-state index contributed by atoms with van der Waals surface area (Å²) in [6.45, 7) is 2.90. The van der Waals surface area contributed by atoms with E-state index in [-0.39, 0.29) is 16.5 Å². The molecule has 0 bridgehead atoms. The van der Waals surface area contributed by atoms with Crippen LogP contribution in [-0.2, 0) is 16.9 Å². The first-order valence-corrected chi connectivity index (χ1v) is 12.1. The molecule has 1 aliphatic heterocycles. The van der Waals surface area contributed by atoms with Crippen LogP contribution in [0.15, 0.2) is 52.2 Å². The highest BCUT2D eigenvalue weighted by atomic mass is 32.2. The maximum absolute atomic E-state index is 13.5. The molecule has 0 aliphatic carbocycles. The molecule has 170 valence electrons. The van der Waals surface area contributed by atoms with Gasteiger partial charge in [0.05, 0.1) is 23.7 Å². The number of rotatable bonds is 5. The number of nitrogens with zero attached hydrogens (tertiary/aromatic N) is 2. The van der Waals surface area contributed by atoms with Crippen molar-refractivity contribution >= 4 is 32.1 Å². The highest BCUT2D eigenvalue weighted by molar-refractivity contribution is 7.90. The van der Waals surface area contributed by atoms with Crippen LogP contribution >= 0.6 is 0 Å². The first kappa shape index (κ1) is 22.3. The summed E-state index contributed by atoms with van der Waals surface area (Å²) in [5.74, 6) is -2.33. The van der Waals surface area contributed by atoms with Crippen molar-refractivity contribution in [1.29, 1.82) is 0 Å². The lowest BCUT2D eigenvalue weighted by molar-refractivity contribution is -0.0270. The molecule has 6 nitrogen and oxygen atoms in total. The van der Waals surface area contributed by atoms with Crippen LogP contribution in [0.3, 0.4) is 0 Å². The SMILES string of the molecule is Cc1cc([C@@H](C)Nc2ccccc2S(C)(=O)=O)c2cc(N3CC(F)(F)C3)n(C)c(=O)c2c1. The summed E-state index contributed by atoms with van der Waals surface area (Å²) in [5.41, 5.74) is 1.86. The number of alkyl halides is 2. The highest BCUT2D eigenvalue weighted by Gasteiger charge is 2.44. The minimum atomic E-state index is -3.44. The van der Waals surface area contributed by atoms with Gasteiger partial charge in [0.2, 0.25) is 0 Å². The molecule has 0 spiro atoms. The summed E-state index contributed by atoms with van der Waals surface area (Å²) in [4.78, 5) is 14.7. The van der Waals surface area contributed by atoms with Crippen molar-refractivity contribution in [1.82, 2.24) is 4.57 Å². The van der Waals surface area contributed by atoms with Crippen LogP contribution in [0.25, 0.3) is 10.8 Å². The molecule has 0 saturated carbocycles. The van der Waals surface area contributed by atoms with E-state index in [2.05, 4.69) is 5.32 Å². The van der Waals surface area contributed by atoms with E-state index in [0.717, 1.165) is 17.4 Å². The van der Waals surface area contributed by atoms with E-state index in [0.29, 0.717) is 22.3 Å². The van der Waals surface area contributed by atoms with Gasteiger partial charge in [0.15, 0.2) is 9.84 Å². The Morgan fingerprint density at radius 1 is 1.09 bits per heavy atom. The van der Waals surface area contributed by atoms with Crippen molar-refractivity contribution < 1.29 is 17.2 Å². The van der Waals surface area contributed by atoms with Crippen LogP contribution in [0.5, 0.6) is 0 Å². The van der Waals surface area contributed by atoms with Gasteiger partial charge in [-0.3, -0.25) is 9.36 Å². The number of sulfone groups is 1. The molecule has 1 aromatic heterocycles. The van der Waals surface area contributed by atoms with Gasteiger partial charge in [-0.05, 0) is 54.6 Å². The Morgan fingerprint density at radius 2 is 1.75 bits per heavy atom. The van der Waals surface area contributed by atoms with Crippen molar-refractivity contribution in [2.45, 2.75) is 30.7 Å². The monoisotopic (exact) mass is 461 g/mol. The van der Waals surface area contributed by atoms with Gasteiger partial charge in [0.25, 0.3) is 11.5 Å². The van der Waals surface area contributed by atoms with E-state index >= 15 is 0 Å². The molecule has 0 radical (unpaired) electrons. The summed E-state index contributed by atoms with van der Waals surface area (Å²) in [6, 6.07) is 11.8. The second kappa shape index (κ2) is 7.58. The third kappa shape index (κ3) is 3.97. The van der Waals surface area contributed by atoms with Gasteiger partial charge >= 0.3 is 0 Å². The number of hydrogen-bond acceptors (Lipinski definition) is 5. The number of fused-ring (bicyclic) bond motifs is 1. The Labute approximate surface area is 185 Å². The van der Waals surface area contributed by atoms with Gasteiger partial charge in [-0.1, -0.05) is 18.2 Å². The number of pyridine rings is 1. The smallest absolute Gasteiger partial charge is 0.282 e. The van der Waals surface area contributed by atoms with Crippen LogP contribution in [-0.4, -0.2) is 38.3 Å². The standard InChI is InChI=1S/C23H25F2N3O3S/c1-14-9-16(15(2)26-19-7-5-6-8-20(19)32(4,30)31)17-11-21(28-12-23(24,25)13-28)27(3)22(29)18(17)10-14/h5-11,15,26H,12-13H2,1-4H3/t15-/m1/s1. The van der Waals surface area contributed by atoms with Gasteiger partial charge < -0.3 is 10.2 Å². The van der Waals surface area contributed by atoms with Gasteiger partial charge in [-0.25, -0.2) is 17.2 Å². The zero-order valence-electron chi connectivity index (χ0n) is 18.3. The predicted octanol–water partition coefficient (Wildman–Crippen LogP) is 3.88. The highest BCUT2D eigenvalue weighted by Crippen LogP contribution is 2.35. The minimum absolute atomic E-state index is 0.184. The molecule has 0 amide bonds. The normalized spacial score (nSPS) is 16.6. The molecule has 1 saturated heterocycles. The van der Waals surface area contributed by atoms with E-state index in [4.69, 9.17) is 0 Å². The van der Waals surface area contributed by atoms with Gasteiger partial charge in [-0.2, -0.15) is 0 Å². The fourth-order valence-corrected chi connectivity index (χ4v) is 5.08. The van der Waals surface area contributed by atoms with Crippen molar-refractivity contribution in [2.24, 2.45) is 7.05 Å². The second-order valence-electron chi connectivity index (χ2n) is 8.53. The van der Waals surface area contributed by atoms with Crippen LogP contribution in [0.1, 0.15) is 24.1 Å². The minimum Gasteiger partial charge on any atom is -0.377 e. The lowest BCUT2D eigenvalue weighted by atomic mass is 9.97. The lowest BCUT2D eigenvalue weighted by Gasteiger charge is -2.41. The topological polar surface area (TPSA) is 71.4 Å². The van der Waals surface area contributed by atoms with E-state index in [1.54, 1.807) is 37.4 Å². The number of aromatic nitrogens is 1. The zero-order chi connectivity index (χ0) is 23.4. The van der Waals surface area contributed by atoms with Crippen molar-refractivity contribution in [2.75, 3.05) is 29.6 Å². The molecule has 2 aromatic carbocycles. The Bertz CT molecular complexity index is 1380. The third-order valence-electron chi connectivity index (χ3n) is 5.80. The number of anilines is 2. The average molecular weight is 462 g/mol. The number of benzene rings is 2. The molecule has 2 heterocycles. The molecule has 1 aliphatic rings. The van der Waals surface area contributed by atoms with E-state index in [1.807, 2.05) is 19.9 Å². The predicted molar refractivity (Wildman–Crippen MR) is 123 cm³/mol. The molecule has 32 heavy (non-hydrogen) atoms. The lowest BCUT2D eigenvalue weighted by Crippen LogP contribution is -2.57. The first-order chi connectivity index (χ1) is 14.9. The Balaban J connectivity index is 1.83. The maximum atomic E-state index is 13.5. The molecule has 1 atom stereocenters. The van der Waals surface area contributed by atoms with Crippen LogP contribution in [0, 0.1) is 6.92 Å². The molecular formula is C23H25F2N3O3S. The van der Waals surface area contributed by atoms with Gasteiger partial charge in [0, 0.05) is 24.7 Å². The molecule has 1 N–H and O–H groups in total. The van der Waals surface area contributed by atoms with Crippen molar-refractivity contribution in [3.8, 4) is 0 Å². The van der Waals surface area contributed by atoms with E-state index in [9.17, 15) is 22.0 Å². The Hall–Kier alpha value is -2.94. The largest absolute Gasteiger partial charge is 0.377 e. The van der Waals surface area contributed by atoms with Crippen LogP contribution in [0.2, 0.25) is 0 Å². The second-order valence-corrected chi connectivity index (χ2v) is 10.5. The van der Waals surface area contributed by atoms with Gasteiger partial charge in [-0.15, -0.1) is 0 Å². The Morgan fingerprint density at radius 3 is 2.38 bits per heavy atom. The average Bonchev–Trinajstić information content (AvgIpc) is 2.68. The zero-order valence-corrected chi connectivity index (χ0v) is 19.1. The van der Waals surface area contributed by atoms with E-state index in [1.165, 1.54) is 15.5 Å². The van der Waals surface area contributed by atoms with Crippen LogP contribution < -0.4 is 15.8 Å². The van der Waals surface area contributed by atoms with E-state index < -0.39 is 28.8 Å². The molecule has 0 unspecified atom stereocenters. The quantitative estimate of drug-likeness (QED) is 0.625. The molecule has 3 aromatic rings. The molecule has 9 heteroatoms. The fourth-order valence-electron chi connectivity index (χ4n) is 4.23. The third-order valence-corrected chi connectivity index (χ3v) is 6.96. The summed E-state index contributed by atoms with van der Waals surface area (Å²) < 4.78 is 52.7. The van der Waals surface area contributed by atoms with Gasteiger partial charge in [0.1, 0.15) is 5.82 Å². The number of aryl methyl sites for hydroxylation is 1. The number of hydrogen-bond donors (Lipinski definition) is 1.